The van der Waals surface area contributed by atoms with Crippen LogP contribution in [0.25, 0.3) is 0 Å². The third-order valence-electron chi connectivity index (χ3n) is 4.84. The predicted molar refractivity (Wildman–Crippen MR) is 77.4 cm³/mol. The Kier molecular flexibility index (Phi) is 3.94. The van der Waals surface area contributed by atoms with E-state index in [0.29, 0.717) is 32.4 Å². The normalized spacial score (nSPS) is 33.5. The van der Waals surface area contributed by atoms with Crippen LogP contribution >= 0.6 is 0 Å². The number of carbonyl (C=O) groups is 2. The Hall–Kier alpha value is -1.11. The second-order valence-electron chi connectivity index (χ2n) is 6.29. The van der Waals surface area contributed by atoms with Gasteiger partial charge in [-0.1, -0.05) is 0 Å². The Bertz CT molecular complexity index is 545. The van der Waals surface area contributed by atoms with Gasteiger partial charge >= 0.3 is 0 Å². The Morgan fingerprint density at radius 1 is 0.952 bits per heavy atom. The van der Waals surface area contributed by atoms with Gasteiger partial charge in [-0.05, 0) is 32.1 Å². The second kappa shape index (κ2) is 5.59. The average molecular weight is 314 g/mol. The fraction of sp³-hybridized carbons (Fsp3) is 0.857. The van der Waals surface area contributed by atoms with E-state index in [4.69, 9.17) is 0 Å². The summed E-state index contributed by atoms with van der Waals surface area (Å²) in [6.07, 6.45) is 4.27. The molecule has 3 heterocycles. The first kappa shape index (κ1) is 14.8. The predicted octanol–water partition coefficient (Wildman–Crippen LogP) is 0.177. The molecule has 21 heavy (non-hydrogen) atoms. The van der Waals surface area contributed by atoms with Crippen LogP contribution in [0.4, 0.5) is 0 Å². The first-order valence-electron chi connectivity index (χ1n) is 7.78. The van der Waals surface area contributed by atoms with Crippen molar-refractivity contribution >= 4 is 21.7 Å². The van der Waals surface area contributed by atoms with Crippen molar-refractivity contribution in [2.24, 2.45) is 0 Å². The van der Waals surface area contributed by atoms with Crippen LogP contribution in [-0.2, 0) is 19.4 Å². The molecule has 0 aromatic heterocycles. The van der Waals surface area contributed by atoms with Gasteiger partial charge in [0.25, 0.3) is 0 Å². The first-order valence-corrected chi connectivity index (χ1v) is 9.60. The zero-order chi connectivity index (χ0) is 15.0. The molecule has 3 aliphatic heterocycles. The van der Waals surface area contributed by atoms with Crippen LogP contribution in [0.5, 0.6) is 0 Å². The summed E-state index contributed by atoms with van der Waals surface area (Å²) in [6.45, 7) is 1.02. The van der Waals surface area contributed by atoms with E-state index in [0.717, 1.165) is 19.3 Å². The molecule has 0 aromatic rings. The van der Waals surface area contributed by atoms with Crippen molar-refractivity contribution in [2.75, 3.05) is 24.6 Å². The number of sulfone groups is 1. The third-order valence-corrected chi connectivity index (χ3v) is 6.64. The van der Waals surface area contributed by atoms with E-state index in [9.17, 15) is 18.0 Å². The summed E-state index contributed by atoms with van der Waals surface area (Å²) >= 11 is 0. The lowest BCUT2D eigenvalue weighted by Gasteiger charge is -2.37. The molecule has 3 saturated heterocycles. The molecule has 0 aromatic carbocycles. The highest BCUT2D eigenvalue weighted by Gasteiger charge is 2.41. The maximum atomic E-state index is 12.8. The zero-order valence-corrected chi connectivity index (χ0v) is 13.0. The van der Waals surface area contributed by atoms with Crippen LogP contribution < -0.4 is 0 Å². The molecule has 2 unspecified atom stereocenters. The van der Waals surface area contributed by atoms with Gasteiger partial charge in [-0.15, -0.1) is 0 Å². The van der Waals surface area contributed by atoms with E-state index in [2.05, 4.69) is 0 Å². The molecule has 2 amide bonds. The van der Waals surface area contributed by atoms with Crippen molar-refractivity contribution in [2.45, 2.75) is 50.6 Å². The molecule has 0 spiro atoms. The summed E-state index contributed by atoms with van der Waals surface area (Å²) in [5.74, 6) is 0.275. The highest BCUT2D eigenvalue weighted by atomic mass is 32.2. The minimum atomic E-state index is -3.05. The van der Waals surface area contributed by atoms with Crippen molar-refractivity contribution in [1.29, 1.82) is 0 Å². The van der Waals surface area contributed by atoms with Crippen LogP contribution in [0.1, 0.15) is 38.5 Å². The smallest absolute Gasteiger partial charge is 0.245 e. The first-order chi connectivity index (χ1) is 9.98. The van der Waals surface area contributed by atoms with Crippen LogP contribution in [0, 0.1) is 0 Å². The summed E-state index contributed by atoms with van der Waals surface area (Å²) in [5, 5.41) is 0. The van der Waals surface area contributed by atoms with Crippen molar-refractivity contribution in [3.8, 4) is 0 Å². The maximum Gasteiger partial charge on any atom is 0.245 e. The third kappa shape index (κ3) is 2.93. The number of hydrogen-bond donors (Lipinski definition) is 0. The molecule has 0 N–H and O–H groups in total. The molecular formula is C14H22N2O4S. The van der Waals surface area contributed by atoms with E-state index in [-0.39, 0.29) is 35.4 Å². The summed E-state index contributed by atoms with van der Waals surface area (Å²) in [4.78, 5) is 28.3. The van der Waals surface area contributed by atoms with Crippen LogP contribution in [0.2, 0.25) is 0 Å². The van der Waals surface area contributed by atoms with Gasteiger partial charge < -0.3 is 9.80 Å². The average Bonchev–Trinajstić information content (AvgIpc) is 2.57. The standard InChI is InChI=1S/C14H22N2O4S/c17-13-6-8-15(11-4-3-9-21(19,20)10-11)14(18)12-5-1-2-7-16(12)13/h11-12H,1-10H2. The SMILES string of the molecule is O=C1C2CCCCN2C(=O)CCN1C1CCCS(=O)(=O)C1. The van der Waals surface area contributed by atoms with E-state index in [1.165, 1.54) is 0 Å². The molecule has 3 aliphatic rings. The van der Waals surface area contributed by atoms with Gasteiger partial charge in [0, 0.05) is 25.6 Å². The van der Waals surface area contributed by atoms with E-state index < -0.39 is 9.84 Å². The fourth-order valence-corrected chi connectivity index (χ4v) is 5.46. The molecule has 7 heteroatoms. The molecule has 6 nitrogen and oxygen atoms in total. The number of rotatable bonds is 1. The van der Waals surface area contributed by atoms with Gasteiger partial charge in [-0.3, -0.25) is 9.59 Å². The maximum absolute atomic E-state index is 12.8. The van der Waals surface area contributed by atoms with Gasteiger partial charge in [0.2, 0.25) is 11.8 Å². The molecule has 2 atom stereocenters. The minimum absolute atomic E-state index is 0.0363. The minimum Gasteiger partial charge on any atom is -0.336 e. The highest BCUT2D eigenvalue weighted by Crippen LogP contribution is 2.26. The molecule has 118 valence electrons. The van der Waals surface area contributed by atoms with Crippen LogP contribution in [0.15, 0.2) is 0 Å². The highest BCUT2D eigenvalue weighted by molar-refractivity contribution is 7.91. The van der Waals surface area contributed by atoms with Crippen molar-refractivity contribution in [3.05, 3.63) is 0 Å². The van der Waals surface area contributed by atoms with Crippen LogP contribution in [0.3, 0.4) is 0 Å². The number of amides is 2. The quantitative estimate of drug-likeness (QED) is 0.692. The molecule has 0 saturated carbocycles. The van der Waals surface area contributed by atoms with Gasteiger partial charge in [-0.2, -0.15) is 0 Å². The van der Waals surface area contributed by atoms with Gasteiger partial charge in [0.15, 0.2) is 9.84 Å². The molecule has 3 rings (SSSR count). The summed E-state index contributed by atoms with van der Waals surface area (Å²) in [5.41, 5.74) is 0. The Balaban J connectivity index is 1.82. The molecule has 0 radical (unpaired) electrons. The summed E-state index contributed by atoms with van der Waals surface area (Å²) < 4.78 is 23.7. The lowest BCUT2D eigenvalue weighted by Crippen LogP contribution is -2.53. The Labute approximate surface area is 125 Å². The van der Waals surface area contributed by atoms with Crippen molar-refractivity contribution < 1.29 is 18.0 Å². The lowest BCUT2D eigenvalue weighted by molar-refractivity contribution is -0.144. The summed E-state index contributed by atoms with van der Waals surface area (Å²) in [7, 11) is -3.05. The number of fused-ring (bicyclic) bond motifs is 1. The van der Waals surface area contributed by atoms with Gasteiger partial charge in [0.05, 0.1) is 11.5 Å². The molecule has 0 bridgehead atoms. The van der Waals surface area contributed by atoms with Crippen molar-refractivity contribution in [1.82, 2.24) is 9.80 Å². The Morgan fingerprint density at radius 2 is 1.76 bits per heavy atom. The number of hydrogen-bond acceptors (Lipinski definition) is 4. The monoisotopic (exact) mass is 314 g/mol. The molecule has 3 fully saturated rings. The molecule has 0 aliphatic carbocycles. The number of piperidine rings is 1. The fourth-order valence-electron chi connectivity index (χ4n) is 3.76. The lowest BCUT2D eigenvalue weighted by atomic mass is 10.0. The van der Waals surface area contributed by atoms with Crippen LogP contribution in [-0.4, -0.2) is 66.7 Å². The largest absolute Gasteiger partial charge is 0.336 e. The topological polar surface area (TPSA) is 74.8 Å². The van der Waals surface area contributed by atoms with Gasteiger partial charge in [-0.25, -0.2) is 8.42 Å². The molecular weight excluding hydrogens is 292 g/mol. The van der Waals surface area contributed by atoms with Crippen molar-refractivity contribution in [3.63, 3.8) is 0 Å². The number of nitrogens with zero attached hydrogens (tertiary/aromatic N) is 2. The van der Waals surface area contributed by atoms with Gasteiger partial charge in [0.1, 0.15) is 6.04 Å². The van der Waals surface area contributed by atoms with E-state index in [1.54, 1.807) is 9.80 Å². The summed E-state index contributed by atoms with van der Waals surface area (Å²) in [6, 6.07) is -0.607. The Morgan fingerprint density at radius 3 is 2.52 bits per heavy atom. The zero-order valence-electron chi connectivity index (χ0n) is 12.2. The van der Waals surface area contributed by atoms with E-state index >= 15 is 0 Å². The second-order valence-corrected chi connectivity index (χ2v) is 8.52. The number of carbonyl (C=O) groups excluding carboxylic acids is 2. The van der Waals surface area contributed by atoms with E-state index in [1.807, 2.05) is 0 Å².